The largest absolute Gasteiger partial charge is 0.334 e. The van der Waals surface area contributed by atoms with Crippen LogP contribution in [0.4, 0.5) is 14.9 Å². The number of hydrogen-bond donors (Lipinski definition) is 2. The van der Waals surface area contributed by atoms with Crippen molar-refractivity contribution in [1.29, 1.82) is 0 Å². The van der Waals surface area contributed by atoms with E-state index in [4.69, 9.17) is 0 Å². The fourth-order valence-electron chi connectivity index (χ4n) is 2.08. The average Bonchev–Trinajstić information content (AvgIpc) is 2.87. The van der Waals surface area contributed by atoms with Gasteiger partial charge in [0, 0.05) is 12.7 Å². The first-order chi connectivity index (χ1) is 10.6. The number of aryl methyl sites for hydroxylation is 1. The summed E-state index contributed by atoms with van der Waals surface area (Å²) in [6.07, 6.45) is 1.74. The molecule has 7 heteroatoms. The number of rotatable bonds is 3. The molecule has 1 aromatic carbocycles. The van der Waals surface area contributed by atoms with Crippen LogP contribution in [0.5, 0.6) is 0 Å². The van der Waals surface area contributed by atoms with Gasteiger partial charge in [-0.3, -0.25) is 4.40 Å². The van der Waals surface area contributed by atoms with Gasteiger partial charge in [-0.2, -0.15) is 0 Å². The second kappa shape index (κ2) is 5.80. The Morgan fingerprint density at radius 2 is 2.14 bits per heavy atom. The Kier molecular flexibility index (Phi) is 3.69. The fraction of sp³-hybridized carbons (Fsp3) is 0.133. The molecule has 0 aliphatic carbocycles. The van der Waals surface area contributed by atoms with Gasteiger partial charge >= 0.3 is 6.03 Å². The monoisotopic (exact) mass is 299 g/mol. The predicted octanol–water partition coefficient (Wildman–Crippen LogP) is 2.50. The molecule has 0 saturated heterocycles. The maximum Gasteiger partial charge on any atom is 0.319 e. The number of aromatic nitrogens is 3. The number of carbonyl (C=O) groups is 1. The lowest BCUT2D eigenvalue weighted by molar-refractivity contribution is 0.251. The van der Waals surface area contributed by atoms with Crippen LogP contribution in [0.1, 0.15) is 11.4 Å². The first-order valence-electron chi connectivity index (χ1n) is 6.72. The fourth-order valence-corrected chi connectivity index (χ4v) is 2.08. The van der Waals surface area contributed by atoms with Crippen molar-refractivity contribution in [3.63, 3.8) is 0 Å². The molecule has 112 valence electrons. The molecule has 0 bridgehead atoms. The smallest absolute Gasteiger partial charge is 0.319 e. The number of halogens is 1. The van der Waals surface area contributed by atoms with Gasteiger partial charge in [-0.25, -0.2) is 9.18 Å². The number of urea groups is 1. The van der Waals surface area contributed by atoms with Crippen molar-refractivity contribution in [2.45, 2.75) is 13.5 Å². The molecular weight excluding hydrogens is 285 g/mol. The third-order valence-electron chi connectivity index (χ3n) is 3.17. The highest BCUT2D eigenvalue weighted by Crippen LogP contribution is 2.11. The van der Waals surface area contributed by atoms with E-state index in [0.717, 1.165) is 5.82 Å². The quantitative estimate of drug-likeness (QED) is 0.780. The molecule has 3 rings (SSSR count). The highest BCUT2D eigenvalue weighted by molar-refractivity contribution is 5.89. The molecule has 2 N–H and O–H groups in total. The van der Waals surface area contributed by atoms with Crippen LogP contribution < -0.4 is 10.6 Å². The van der Waals surface area contributed by atoms with E-state index < -0.39 is 0 Å². The van der Waals surface area contributed by atoms with Gasteiger partial charge in [0.15, 0.2) is 5.65 Å². The topological polar surface area (TPSA) is 71.3 Å². The zero-order valence-electron chi connectivity index (χ0n) is 11.9. The number of benzene rings is 1. The summed E-state index contributed by atoms with van der Waals surface area (Å²) in [4.78, 5) is 11.9. The Hall–Kier alpha value is -2.96. The van der Waals surface area contributed by atoms with Crippen molar-refractivity contribution in [1.82, 2.24) is 19.9 Å². The molecule has 2 heterocycles. The second-order valence-corrected chi connectivity index (χ2v) is 4.83. The molecule has 0 aliphatic rings. The number of fused-ring (bicyclic) bond motifs is 1. The number of anilines is 1. The lowest BCUT2D eigenvalue weighted by Crippen LogP contribution is -2.28. The number of amides is 2. The Morgan fingerprint density at radius 3 is 2.95 bits per heavy atom. The summed E-state index contributed by atoms with van der Waals surface area (Å²) in [5.74, 6) is 0.409. The van der Waals surface area contributed by atoms with Crippen LogP contribution in [0.25, 0.3) is 5.65 Å². The molecule has 22 heavy (non-hydrogen) atoms. The lowest BCUT2D eigenvalue weighted by Gasteiger charge is -2.08. The van der Waals surface area contributed by atoms with Crippen molar-refractivity contribution in [2.24, 2.45) is 0 Å². The minimum atomic E-state index is -0.366. The normalized spacial score (nSPS) is 10.6. The minimum absolute atomic E-state index is 0.248. The Bertz CT molecular complexity index is 830. The van der Waals surface area contributed by atoms with E-state index in [2.05, 4.69) is 20.8 Å². The first kappa shape index (κ1) is 14.0. The third-order valence-corrected chi connectivity index (χ3v) is 3.17. The van der Waals surface area contributed by atoms with Crippen LogP contribution in [-0.2, 0) is 6.54 Å². The zero-order valence-corrected chi connectivity index (χ0v) is 11.9. The summed E-state index contributed by atoms with van der Waals surface area (Å²) in [5.41, 5.74) is 2.02. The van der Waals surface area contributed by atoms with E-state index in [1.54, 1.807) is 34.9 Å². The maximum absolute atomic E-state index is 13.1. The molecule has 0 atom stereocenters. The molecule has 2 amide bonds. The molecule has 0 spiro atoms. The number of nitrogens with one attached hydrogen (secondary N) is 2. The van der Waals surface area contributed by atoms with Crippen molar-refractivity contribution in [3.8, 4) is 0 Å². The van der Waals surface area contributed by atoms with E-state index in [0.29, 0.717) is 16.9 Å². The molecular formula is C15H14FN5O. The summed E-state index contributed by atoms with van der Waals surface area (Å²) in [5, 5.41) is 13.3. The van der Waals surface area contributed by atoms with E-state index in [-0.39, 0.29) is 18.4 Å². The van der Waals surface area contributed by atoms with Gasteiger partial charge < -0.3 is 10.6 Å². The number of pyridine rings is 1. The van der Waals surface area contributed by atoms with E-state index >= 15 is 0 Å². The highest BCUT2D eigenvalue weighted by atomic mass is 19.1. The van der Waals surface area contributed by atoms with Gasteiger partial charge in [-0.15, -0.1) is 10.2 Å². The van der Waals surface area contributed by atoms with E-state index in [1.807, 2.05) is 6.92 Å². The molecule has 0 fully saturated rings. The number of nitrogens with zero attached hydrogens (tertiary/aromatic N) is 3. The van der Waals surface area contributed by atoms with E-state index in [1.165, 1.54) is 12.1 Å². The van der Waals surface area contributed by atoms with Gasteiger partial charge in [0.05, 0.1) is 5.69 Å². The van der Waals surface area contributed by atoms with Crippen molar-refractivity contribution in [2.75, 3.05) is 5.32 Å². The van der Waals surface area contributed by atoms with Gasteiger partial charge in [0.25, 0.3) is 0 Å². The molecule has 0 aliphatic heterocycles. The lowest BCUT2D eigenvalue weighted by atomic mass is 10.2. The molecule has 0 radical (unpaired) electrons. The SMILES string of the molecule is Cc1nnc2ccc(NC(=O)NCc3cccc(F)c3)cn12. The van der Waals surface area contributed by atoms with Gasteiger partial charge in [0.2, 0.25) is 0 Å². The molecule has 6 nitrogen and oxygen atoms in total. The van der Waals surface area contributed by atoms with Gasteiger partial charge in [-0.05, 0) is 36.8 Å². The van der Waals surface area contributed by atoms with E-state index in [9.17, 15) is 9.18 Å². The molecule has 0 saturated carbocycles. The van der Waals surface area contributed by atoms with Crippen LogP contribution in [-0.4, -0.2) is 20.6 Å². The third kappa shape index (κ3) is 3.03. The van der Waals surface area contributed by atoms with Crippen LogP contribution in [0, 0.1) is 12.7 Å². The van der Waals surface area contributed by atoms with Crippen LogP contribution in [0.3, 0.4) is 0 Å². The Balaban J connectivity index is 1.64. The summed E-state index contributed by atoms with van der Waals surface area (Å²) < 4.78 is 14.8. The predicted molar refractivity (Wildman–Crippen MR) is 80.0 cm³/mol. The van der Waals surface area contributed by atoms with Crippen LogP contribution in [0.15, 0.2) is 42.6 Å². The van der Waals surface area contributed by atoms with Crippen LogP contribution >= 0.6 is 0 Å². The second-order valence-electron chi connectivity index (χ2n) is 4.83. The zero-order chi connectivity index (χ0) is 15.5. The number of hydrogen-bond acceptors (Lipinski definition) is 3. The van der Waals surface area contributed by atoms with Crippen LogP contribution in [0.2, 0.25) is 0 Å². The molecule has 0 unspecified atom stereocenters. The first-order valence-corrected chi connectivity index (χ1v) is 6.72. The molecule has 3 aromatic rings. The summed E-state index contributed by atoms with van der Waals surface area (Å²) in [6, 6.07) is 9.23. The van der Waals surface area contributed by atoms with Gasteiger partial charge in [0.1, 0.15) is 11.6 Å². The van der Waals surface area contributed by atoms with Gasteiger partial charge in [-0.1, -0.05) is 12.1 Å². The van der Waals surface area contributed by atoms with Crippen molar-refractivity contribution in [3.05, 3.63) is 59.8 Å². The standard InChI is InChI=1S/C15H14FN5O/c1-10-19-20-14-6-5-13(9-21(10)14)18-15(22)17-8-11-3-2-4-12(16)7-11/h2-7,9H,8H2,1H3,(H2,17,18,22). The minimum Gasteiger partial charge on any atom is -0.334 e. The molecule has 2 aromatic heterocycles. The Labute approximate surface area is 126 Å². The Morgan fingerprint density at radius 1 is 1.27 bits per heavy atom. The van der Waals surface area contributed by atoms with Crippen molar-refractivity contribution >= 4 is 17.4 Å². The average molecular weight is 299 g/mol. The highest BCUT2D eigenvalue weighted by Gasteiger charge is 2.05. The summed E-state index contributed by atoms with van der Waals surface area (Å²) >= 11 is 0. The summed E-state index contributed by atoms with van der Waals surface area (Å²) in [7, 11) is 0. The summed E-state index contributed by atoms with van der Waals surface area (Å²) in [6.45, 7) is 2.07. The maximum atomic E-state index is 13.1. The number of carbonyl (C=O) groups excluding carboxylic acids is 1. The van der Waals surface area contributed by atoms with Crippen molar-refractivity contribution < 1.29 is 9.18 Å².